The highest BCUT2D eigenvalue weighted by Crippen LogP contribution is 2.27. The van der Waals surface area contributed by atoms with Crippen LogP contribution >= 0.6 is 0 Å². The van der Waals surface area contributed by atoms with E-state index in [1.54, 1.807) is 17.0 Å². The van der Waals surface area contributed by atoms with E-state index in [1.807, 2.05) is 13.0 Å². The summed E-state index contributed by atoms with van der Waals surface area (Å²) in [6.45, 7) is 6.00. The Hall–Kier alpha value is -1.62. The first-order valence-corrected chi connectivity index (χ1v) is 6.88. The molecule has 1 saturated heterocycles. The van der Waals surface area contributed by atoms with Gasteiger partial charge in [0.1, 0.15) is 0 Å². The molecule has 0 saturated carbocycles. The Bertz CT molecular complexity index is 442. The van der Waals surface area contributed by atoms with Crippen LogP contribution in [0.2, 0.25) is 0 Å². The molecule has 0 amide bonds. The normalized spacial score (nSPS) is 15.6. The molecule has 0 bridgehead atoms. The lowest BCUT2D eigenvalue weighted by atomic mass is 10.2. The number of ether oxygens (including phenoxy) is 1. The highest BCUT2D eigenvalue weighted by atomic mass is 16.6. The minimum absolute atomic E-state index is 0.0634. The maximum atomic E-state index is 10.9. The van der Waals surface area contributed by atoms with E-state index >= 15 is 0 Å². The number of likely N-dealkylation sites (tertiary alicyclic amines) is 1. The third-order valence-corrected chi connectivity index (χ3v) is 3.55. The van der Waals surface area contributed by atoms with Crippen molar-refractivity contribution in [2.45, 2.75) is 26.2 Å². The summed E-state index contributed by atoms with van der Waals surface area (Å²) in [7, 11) is 0. The Morgan fingerprint density at radius 3 is 2.79 bits per heavy atom. The zero-order valence-electron chi connectivity index (χ0n) is 11.4. The van der Waals surface area contributed by atoms with Crippen molar-refractivity contribution in [2.75, 3.05) is 26.2 Å². The summed E-state index contributed by atoms with van der Waals surface area (Å²) in [4.78, 5) is 12.2. The minimum atomic E-state index is -0.381. The van der Waals surface area contributed by atoms with E-state index in [2.05, 4.69) is 0 Å². The predicted molar refractivity (Wildman–Crippen MR) is 72.7 cm³/mol. The van der Waals surface area contributed by atoms with Crippen molar-refractivity contribution in [1.29, 1.82) is 0 Å². The second kappa shape index (κ2) is 6.52. The molecule has 5 heteroatoms. The van der Waals surface area contributed by atoms with E-state index < -0.39 is 0 Å². The quantitative estimate of drug-likeness (QED) is 0.480. The van der Waals surface area contributed by atoms with Crippen molar-refractivity contribution in [3.05, 3.63) is 33.9 Å². The van der Waals surface area contributed by atoms with Crippen LogP contribution in [-0.4, -0.2) is 31.2 Å². The Labute approximate surface area is 113 Å². The number of aryl methyl sites for hydroxylation is 1. The Morgan fingerprint density at radius 2 is 2.11 bits per heavy atom. The van der Waals surface area contributed by atoms with Gasteiger partial charge in [0, 0.05) is 25.3 Å². The van der Waals surface area contributed by atoms with E-state index in [1.165, 1.54) is 25.9 Å². The van der Waals surface area contributed by atoms with Gasteiger partial charge in [0.2, 0.25) is 0 Å². The summed E-state index contributed by atoms with van der Waals surface area (Å²) in [5, 5.41) is 10.9. The third kappa shape index (κ3) is 3.92. The van der Waals surface area contributed by atoms with Crippen molar-refractivity contribution in [1.82, 2.24) is 0 Å². The molecule has 0 aromatic heterocycles. The van der Waals surface area contributed by atoms with Gasteiger partial charge in [-0.2, -0.15) is 0 Å². The Kier molecular flexibility index (Phi) is 4.74. The van der Waals surface area contributed by atoms with E-state index in [9.17, 15) is 10.1 Å². The molecule has 1 aliphatic heterocycles. The standard InChI is InChI=1S/C14H20N2O3/c1-12-5-6-14(13(11-12)16(17)18)19-10-4-9-15-7-2-3-8-15/h5-6,11H,2-4,7-10H2,1H3/p+1. The van der Waals surface area contributed by atoms with Crippen LogP contribution in [0.3, 0.4) is 0 Å². The second-order valence-corrected chi connectivity index (χ2v) is 5.14. The van der Waals surface area contributed by atoms with E-state index in [0.29, 0.717) is 12.4 Å². The van der Waals surface area contributed by atoms with Crippen LogP contribution in [0.5, 0.6) is 5.75 Å². The molecular weight excluding hydrogens is 244 g/mol. The fourth-order valence-corrected chi connectivity index (χ4v) is 2.52. The summed E-state index contributed by atoms with van der Waals surface area (Å²) in [5.41, 5.74) is 0.939. The van der Waals surface area contributed by atoms with Crippen LogP contribution in [0.25, 0.3) is 0 Å². The van der Waals surface area contributed by atoms with Crippen molar-refractivity contribution in [2.24, 2.45) is 0 Å². The molecule has 0 atom stereocenters. The molecule has 1 aromatic carbocycles. The zero-order chi connectivity index (χ0) is 13.7. The van der Waals surface area contributed by atoms with Crippen LogP contribution in [0.4, 0.5) is 5.69 Å². The fourth-order valence-electron chi connectivity index (χ4n) is 2.52. The molecule has 2 rings (SSSR count). The first-order valence-electron chi connectivity index (χ1n) is 6.88. The third-order valence-electron chi connectivity index (χ3n) is 3.55. The van der Waals surface area contributed by atoms with Crippen LogP contribution in [0, 0.1) is 17.0 Å². The van der Waals surface area contributed by atoms with Gasteiger partial charge < -0.3 is 9.64 Å². The van der Waals surface area contributed by atoms with E-state index in [-0.39, 0.29) is 10.6 Å². The highest BCUT2D eigenvalue weighted by Gasteiger charge is 2.16. The summed E-state index contributed by atoms with van der Waals surface area (Å²) >= 11 is 0. The van der Waals surface area contributed by atoms with Gasteiger partial charge in [-0.3, -0.25) is 10.1 Å². The average Bonchev–Trinajstić information content (AvgIpc) is 2.89. The molecule has 1 N–H and O–H groups in total. The van der Waals surface area contributed by atoms with E-state index in [4.69, 9.17) is 4.74 Å². The molecule has 5 nitrogen and oxygen atoms in total. The topological polar surface area (TPSA) is 56.8 Å². The van der Waals surface area contributed by atoms with Crippen molar-refractivity contribution < 1.29 is 14.6 Å². The fraction of sp³-hybridized carbons (Fsp3) is 0.571. The lowest BCUT2D eigenvalue weighted by molar-refractivity contribution is -0.887. The predicted octanol–water partition coefficient (Wildman–Crippen LogP) is 1.35. The van der Waals surface area contributed by atoms with Crippen molar-refractivity contribution in [3.8, 4) is 5.75 Å². The molecule has 0 radical (unpaired) electrons. The second-order valence-electron chi connectivity index (χ2n) is 5.14. The summed E-state index contributed by atoms with van der Waals surface area (Å²) in [5.74, 6) is 0.382. The maximum Gasteiger partial charge on any atom is 0.311 e. The van der Waals surface area contributed by atoms with Gasteiger partial charge in [0.15, 0.2) is 5.75 Å². The van der Waals surface area contributed by atoms with Crippen molar-refractivity contribution in [3.63, 3.8) is 0 Å². The van der Waals surface area contributed by atoms with Crippen molar-refractivity contribution >= 4 is 5.69 Å². The zero-order valence-corrected chi connectivity index (χ0v) is 11.4. The van der Waals surface area contributed by atoms with Crippen LogP contribution in [-0.2, 0) is 0 Å². The number of benzene rings is 1. The molecule has 104 valence electrons. The molecule has 0 aliphatic carbocycles. The first-order chi connectivity index (χ1) is 9.16. The number of nitro groups is 1. The van der Waals surface area contributed by atoms with Gasteiger partial charge in [-0.05, 0) is 18.6 Å². The SMILES string of the molecule is Cc1ccc(OCCC[NH+]2CCCC2)c([N+](=O)[O-])c1. The minimum Gasteiger partial charge on any atom is -0.487 e. The first kappa shape index (κ1) is 13.8. The molecule has 1 aromatic rings. The molecule has 0 unspecified atom stereocenters. The molecular formula is C14H21N2O3+. The largest absolute Gasteiger partial charge is 0.487 e. The van der Waals surface area contributed by atoms with Gasteiger partial charge in [0.05, 0.1) is 31.2 Å². The smallest absolute Gasteiger partial charge is 0.311 e. The number of nitrogens with one attached hydrogen (secondary N) is 1. The maximum absolute atomic E-state index is 10.9. The molecule has 1 fully saturated rings. The number of rotatable bonds is 6. The number of quaternary nitrogens is 1. The molecule has 1 heterocycles. The molecule has 19 heavy (non-hydrogen) atoms. The lowest BCUT2D eigenvalue weighted by Crippen LogP contribution is -3.10. The van der Waals surface area contributed by atoms with Gasteiger partial charge in [0.25, 0.3) is 0 Å². The van der Waals surface area contributed by atoms with Gasteiger partial charge in [-0.25, -0.2) is 0 Å². The summed E-state index contributed by atoms with van der Waals surface area (Å²) in [6, 6.07) is 5.09. The average molecular weight is 265 g/mol. The number of hydrogen-bond donors (Lipinski definition) is 1. The van der Waals surface area contributed by atoms with Crippen LogP contribution in [0.1, 0.15) is 24.8 Å². The molecule has 1 aliphatic rings. The Balaban J connectivity index is 1.83. The lowest BCUT2D eigenvalue weighted by Gasteiger charge is -2.12. The van der Waals surface area contributed by atoms with Gasteiger partial charge >= 0.3 is 5.69 Å². The molecule has 0 spiro atoms. The van der Waals surface area contributed by atoms with Gasteiger partial charge in [-0.1, -0.05) is 6.07 Å². The number of hydrogen-bond acceptors (Lipinski definition) is 3. The monoisotopic (exact) mass is 265 g/mol. The number of nitro benzene ring substituents is 1. The van der Waals surface area contributed by atoms with Crippen LogP contribution in [0.15, 0.2) is 18.2 Å². The number of nitrogens with zero attached hydrogens (tertiary/aromatic N) is 1. The summed E-state index contributed by atoms with van der Waals surface area (Å²) in [6.07, 6.45) is 3.58. The van der Waals surface area contributed by atoms with E-state index in [0.717, 1.165) is 18.5 Å². The van der Waals surface area contributed by atoms with Crippen LogP contribution < -0.4 is 9.64 Å². The Morgan fingerprint density at radius 1 is 1.37 bits per heavy atom. The van der Waals surface area contributed by atoms with Gasteiger partial charge in [-0.15, -0.1) is 0 Å². The highest BCUT2D eigenvalue weighted by molar-refractivity contribution is 5.48. The summed E-state index contributed by atoms with van der Waals surface area (Å²) < 4.78 is 5.56.